The highest BCUT2D eigenvalue weighted by Crippen LogP contribution is 2.67. The van der Waals surface area contributed by atoms with Crippen LogP contribution in [0.25, 0.3) is 0 Å². The molecule has 0 aromatic heterocycles. The SMILES string of the molecule is C=CCC1CCC23Oc4c(O)ccc5c4C2[C@@](O)(CCC3=O)[C@H]1C5. The van der Waals surface area contributed by atoms with E-state index < -0.39 is 11.2 Å². The number of rotatable bonds is 2. The van der Waals surface area contributed by atoms with E-state index in [9.17, 15) is 15.0 Å². The minimum absolute atomic E-state index is 0.0821. The Morgan fingerprint density at radius 2 is 2.21 bits per heavy atom. The second-order valence-corrected chi connectivity index (χ2v) is 7.96. The van der Waals surface area contributed by atoms with Crippen molar-refractivity contribution in [3.05, 3.63) is 35.9 Å². The minimum Gasteiger partial charge on any atom is -0.504 e. The van der Waals surface area contributed by atoms with E-state index in [1.165, 1.54) is 0 Å². The number of carbonyl (C=O) groups excluding carboxylic acids is 1. The average Bonchev–Trinajstić information content (AvgIpc) is 2.93. The number of ketones is 1. The van der Waals surface area contributed by atoms with Crippen molar-refractivity contribution in [2.45, 2.75) is 55.6 Å². The Morgan fingerprint density at radius 3 is 3.00 bits per heavy atom. The average molecular weight is 326 g/mol. The van der Waals surface area contributed by atoms with E-state index in [1.54, 1.807) is 6.07 Å². The van der Waals surface area contributed by atoms with Crippen molar-refractivity contribution in [3.63, 3.8) is 0 Å². The predicted molar refractivity (Wildman–Crippen MR) is 88.1 cm³/mol. The summed E-state index contributed by atoms with van der Waals surface area (Å²) in [7, 11) is 0. The van der Waals surface area contributed by atoms with Crippen molar-refractivity contribution >= 4 is 5.78 Å². The number of hydrogen-bond acceptors (Lipinski definition) is 4. The molecule has 1 aliphatic heterocycles. The first kappa shape index (κ1) is 14.5. The lowest BCUT2D eigenvalue weighted by atomic mass is 9.55. The summed E-state index contributed by atoms with van der Waals surface area (Å²) in [4.78, 5) is 12.9. The summed E-state index contributed by atoms with van der Waals surface area (Å²) in [5.74, 6) is 0.693. The molecule has 2 saturated carbocycles. The largest absolute Gasteiger partial charge is 0.504 e. The smallest absolute Gasteiger partial charge is 0.177 e. The maximum absolute atomic E-state index is 12.9. The summed E-state index contributed by atoms with van der Waals surface area (Å²) in [6, 6.07) is 3.60. The van der Waals surface area contributed by atoms with Crippen LogP contribution >= 0.6 is 0 Å². The molecule has 0 amide bonds. The zero-order chi connectivity index (χ0) is 16.7. The molecule has 4 bridgehead atoms. The van der Waals surface area contributed by atoms with E-state index in [0.29, 0.717) is 30.9 Å². The van der Waals surface area contributed by atoms with Crippen LogP contribution in [0.2, 0.25) is 0 Å². The Hall–Kier alpha value is -1.81. The number of aromatic hydroxyl groups is 1. The highest BCUT2D eigenvalue weighted by molar-refractivity contribution is 5.92. The summed E-state index contributed by atoms with van der Waals surface area (Å²) in [5, 5.41) is 22.0. The fourth-order valence-electron chi connectivity index (χ4n) is 6.07. The number of benzene rings is 1. The monoisotopic (exact) mass is 326 g/mol. The molecule has 0 saturated heterocycles. The Morgan fingerprint density at radius 1 is 1.38 bits per heavy atom. The van der Waals surface area contributed by atoms with E-state index >= 15 is 0 Å². The second kappa shape index (κ2) is 4.42. The van der Waals surface area contributed by atoms with Crippen molar-refractivity contribution in [3.8, 4) is 11.5 Å². The fourth-order valence-corrected chi connectivity index (χ4v) is 6.07. The van der Waals surface area contributed by atoms with Gasteiger partial charge < -0.3 is 14.9 Å². The molecule has 24 heavy (non-hydrogen) atoms. The molecular weight excluding hydrogens is 304 g/mol. The van der Waals surface area contributed by atoms with Crippen LogP contribution in [0.5, 0.6) is 11.5 Å². The van der Waals surface area contributed by atoms with Crippen LogP contribution in [0.15, 0.2) is 24.8 Å². The molecule has 3 unspecified atom stereocenters. The highest BCUT2D eigenvalue weighted by atomic mass is 16.5. The van der Waals surface area contributed by atoms with Gasteiger partial charge in [0.15, 0.2) is 22.9 Å². The van der Waals surface area contributed by atoms with Crippen molar-refractivity contribution in [2.75, 3.05) is 0 Å². The lowest BCUT2D eigenvalue weighted by molar-refractivity contribution is -0.160. The zero-order valence-electron chi connectivity index (χ0n) is 13.6. The van der Waals surface area contributed by atoms with Crippen molar-refractivity contribution in [1.82, 2.24) is 0 Å². The van der Waals surface area contributed by atoms with E-state index in [0.717, 1.165) is 30.4 Å². The fraction of sp³-hybridized carbons (Fsp3) is 0.550. The van der Waals surface area contributed by atoms with Gasteiger partial charge in [0.25, 0.3) is 0 Å². The van der Waals surface area contributed by atoms with Gasteiger partial charge in [0.2, 0.25) is 0 Å². The van der Waals surface area contributed by atoms with Gasteiger partial charge in [0.1, 0.15) is 0 Å². The van der Waals surface area contributed by atoms with Crippen LogP contribution < -0.4 is 4.74 Å². The standard InChI is InChI=1S/C20H22O4/c1-2-3-11-6-9-20-15(22)7-8-19(23)13(11)10-12-4-5-14(21)17(24-20)16(12)18(19)20/h2,4-5,11,13,18,21,23H,1,3,6-10H2/t11?,13-,18?,19+,20?/m0/s1. The molecule has 2 N–H and O–H groups in total. The van der Waals surface area contributed by atoms with Crippen LogP contribution in [0.4, 0.5) is 0 Å². The van der Waals surface area contributed by atoms with Crippen molar-refractivity contribution in [1.29, 1.82) is 0 Å². The summed E-state index contributed by atoms with van der Waals surface area (Å²) < 4.78 is 6.21. The first-order valence-corrected chi connectivity index (χ1v) is 8.91. The van der Waals surface area contributed by atoms with Gasteiger partial charge in [-0.25, -0.2) is 0 Å². The molecule has 2 fully saturated rings. The predicted octanol–water partition coefficient (Wildman–Crippen LogP) is 2.86. The zero-order valence-corrected chi connectivity index (χ0v) is 13.6. The molecule has 1 heterocycles. The van der Waals surface area contributed by atoms with Gasteiger partial charge in [-0.3, -0.25) is 4.79 Å². The van der Waals surface area contributed by atoms with Gasteiger partial charge in [0, 0.05) is 12.0 Å². The second-order valence-electron chi connectivity index (χ2n) is 7.96. The van der Waals surface area contributed by atoms with Crippen molar-refractivity contribution < 1.29 is 19.7 Å². The number of carbonyl (C=O) groups is 1. The van der Waals surface area contributed by atoms with Crippen LogP contribution in [0, 0.1) is 11.8 Å². The normalized spacial score (nSPS) is 41.5. The summed E-state index contributed by atoms with van der Waals surface area (Å²) >= 11 is 0. The lowest BCUT2D eigenvalue weighted by Crippen LogP contribution is -2.62. The van der Waals surface area contributed by atoms with Crippen molar-refractivity contribution in [2.24, 2.45) is 11.8 Å². The van der Waals surface area contributed by atoms with E-state index in [-0.39, 0.29) is 23.4 Å². The molecule has 5 atom stereocenters. The molecular formula is C20H22O4. The van der Waals surface area contributed by atoms with Crippen LogP contribution in [-0.4, -0.2) is 27.2 Å². The van der Waals surface area contributed by atoms with Gasteiger partial charge in [-0.2, -0.15) is 0 Å². The van der Waals surface area contributed by atoms with E-state index in [4.69, 9.17) is 4.74 Å². The minimum atomic E-state index is -0.989. The Kier molecular flexibility index (Phi) is 2.68. The number of phenols is 1. The number of Topliss-reactive ketones (excluding diaryl/α,β-unsaturated/α-hetero) is 1. The number of hydrogen-bond donors (Lipinski definition) is 2. The Bertz CT molecular complexity index is 769. The summed E-state index contributed by atoms with van der Waals surface area (Å²) in [6.45, 7) is 3.89. The maximum Gasteiger partial charge on any atom is 0.177 e. The summed E-state index contributed by atoms with van der Waals surface area (Å²) in [6.07, 6.45) is 5.87. The van der Waals surface area contributed by atoms with Gasteiger partial charge in [-0.05, 0) is 55.6 Å². The topological polar surface area (TPSA) is 66.8 Å². The number of ether oxygens (including phenoxy) is 1. The molecule has 126 valence electrons. The molecule has 4 heteroatoms. The third kappa shape index (κ3) is 1.47. The van der Waals surface area contributed by atoms with E-state index in [1.807, 2.05) is 12.1 Å². The van der Waals surface area contributed by atoms with Gasteiger partial charge >= 0.3 is 0 Å². The Labute approximate surface area is 141 Å². The molecule has 1 aromatic carbocycles. The maximum atomic E-state index is 12.9. The van der Waals surface area contributed by atoms with Crippen LogP contribution in [0.3, 0.4) is 0 Å². The number of phenolic OH excluding ortho intramolecular Hbond substituents is 1. The van der Waals surface area contributed by atoms with Gasteiger partial charge in [-0.15, -0.1) is 6.58 Å². The lowest BCUT2D eigenvalue weighted by Gasteiger charge is -2.51. The molecule has 0 spiro atoms. The molecule has 4 nitrogen and oxygen atoms in total. The number of allylic oxidation sites excluding steroid dienone is 1. The highest BCUT2D eigenvalue weighted by Gasteiger charge is 2.70. The summed E-state index contributed by atoms with van der Waals surface area (Å²) in [5.41, 5.74) is 0.0952. The van der Waals surface area contributed by atoms with Gasteiger partial charge in [0.05, 0.1) is 11.5 Å². The third-order valence-electron chi connectivity index (χ3n) is 7.04. The molecule has 1 aromatic rings. The van der Waals surface area contributed by atoms with Crippen LogP contribution in [-0.2, 0) is 11.2 Å². The molecule has 4 aliphatic rings. The Balaban J connectivity index is 1.81. The quantitative estimate of drug-likeness (QED) is 0.820. The first-order valence-electron chi connectivity index (χ1n) is 8.91. The molecule has 5 rings (SSSR count). The molecule has 0 radical (unpaired) electrons. The number of aliphatic hydroxyl groups is 1. The molecule has 3 aliphatic carbocycles. The van der Waals surface area contributed by atoms with Crippen LogP contribution in [0.1, 0.15) is 49.1 Å². The van der Waals surface area contributed by atoms with E-state index in [2.05, 4.69) is 6.58 Å². The first-order chi connectivity index (χ1) is 11.5. The third-order valence-corrected chi connectivity index (χ3v) is 7.04. The van der Waals surface area contributed by atoms with Gasteiger partial charge in [-0.1, -0.05) is 12.1 Å².